The normalized spacial score (nSPS) is 22.7. The third-order valence-corrected chi connectivity index (χ3v) is 6.41. The Hall–Kier alpha value is -3.60. The van der Waals surface area contributed by atoms with Crippen molar-refractivity contribution in [3.63, 3.8) is 0 Å². The third kappa shape index (κ3) is 3.26. The lowest BCUT2D eigenvalue weighted by Gasteiger charge is -2.49. The molecule has 0 fully saturated rings. The lowest BCUT2D eigenvalue weighted by atomic mass is 9.56. The minimum absolute atomic E-state index is 0.147. The van der Waals surface area contributed by atoms with Gasteiger partial charge < -0.3 is 14.8 Å². The SMILES string of the molecule is COC(=O)[C@H]1[C@H]2c3ccccc3[C@@H](c3ccccc32)[C@@H]1NC(=O)OCc1ccccc1. The summed E-state index contributed by atoms with van der Waals surface area (Å²) in [4.78, 5) is 25.7. The van der Waals surface area contributed by atoms with Crippen LogP contribution in [0.4, 0.5) is 4.79 Å². The Morgan fingerprint density at radius 2 is 1.29 bits per heavy atom. The molecule has 1 N–H and O–H groups in total. The van der Waals surface area contributed by atoms with Crippen molar-refractivity contribution in [3.8, 4) is 0 Å². The zero-order chi connectivity index (χ0) is 21.4. The van der Waals surface area contributed by atoms with Crippen LogP contribution < -0.4 is 5.32 Å². The number of esters is 1. The highest BCUT2D eigenvalue weighted by Crippen LogP contribution is 2.55. The van der Waals surface area contributed by atoms with Gasteiger partial charge in [0.15, 0.2) is 0 Å². The maximum Gasteiger partial charge on any atom is 0.407 e. The van der Waals surface area contributed by atoms with E-state index in [0.717, 1.165) is 27.8 Å². The molecule has 2 bridgehead atoms. The highest BCUT2D eigenvalue weighted by Gasteiger charge is 2.53. The number of methoxy groups -OCH3 is 1. The molecule has 0 radical (unpaired) electrons. The Kier molecular flexibility index (Phi) is 4.94. The summed E-state index contributed by atoms with van der Waals surface area (Å²) in [7, 11) is 1.40. The van der Waals surface area contributed by atoms with Gasteiger partial charge in [-0.2, -0.15) is 0 Å². The summed E-state index contributed by atoms with van der Waals surface area (Å²) in [6.07, 6.45) is -0.537. The number of fused-ring (bicyclic) bond motifs is 1. The van der Waals surface area contributed by atoms with Crippen LogP contribution in [0.15, 0.2) is 78.9 Å². The predicted octanol–water partition coefficient (Wildman–Crippen LogP) is 4.36. The van der Waals surface area contributed by atoms with Gasteiger partial charge >= 0.3 is 12.1 Å². The number of benzene rings is 3. The maximum absolute atomic E-state index is 12.9. The molecule has 0 aliphatic heterocycles. The number of nitrogens with one attached hydrogen (secondary N) is 1. The zero-order valence-corrected chi connectivity index (χ0v) is 17.2. The summed E-state index contributed by atoms with van der Waals surface area (Å²) in [5.74, 6) is -1.17. The van der Waals surface area contributed by atoms with Gasteiger partial charge in [-0.3, -0.25) is 4.79 Å². The molecule has 3 aromatic carbocycles. The minimum Gasteiger partial charge on any atom is -0.469 e. The van der Waals surface area contributed by atoms with E-state index >= 15 is 0 Å². The van der Waals surface area contributed by atoms with E-state index in [0.29, 0.717) is 0 Å². The first-order valence-corrected chi connectivity index (χ1v) is 10.4. The fraction of sp³-hybridized carbons (Fsp3) is 0.231. The van der Waals surface area contributed by atoms with E-state index in [2.05, 4.69) is 29.6 Å². The second-order valence-electron chi connectivity index (χ2n) is 7.99. The van der Waals surface area contributed by atoms with Crippen LogP contribution in [0.5, 0.6) is 0 Å². The van der Waals surface area contributed by atoms with Crippen molar-refractivity contribution in [2.45, 2.75) is 24.5 Å². The highest BCUT2D eigenvalue weighted by molar-refractivity contribution is 5.81. The van der Waals surface area contributed by atoms with Crippen LogP contribution in [0, 0.1) is 5.92 Å². The maximum atomic E-state index is 12.9. The molecule has 0 heterocycles. The third-order valence-electron chi connectivity index (χ3n) is 6.41. The van der Waals surface area contributed by atoms with Crippen LogP contribution in [0.3, 0.4) is 0 Å². The number of amides is 1. The number of rotatable bonds is 4. The van der Waals surface area contributed by atoms with Crippen molar-refractivity contribution < 1.29 is 19.1 Å². The van der Waals surface area contributed by atoms with E-state index < -0.39 is 18.1 Å². The summed E-state index contributed by atoms with van der Waals surface area (Å²) in [6.45, 7) is 0.170. The monoisotopic (exact) mass is 413 g/mol. The molecule has 5 heteroatoms. The molecule has 3 aliphatic rings. The molecule has 3 aromatic rings. The molecule has 1 amide bonds. The first kappa shape index (κ1) is 19.4. The molecular formula is C26H23NO4. The quantitative estimate of drug-likeness (QED) is 0.646. The van der Waals surface area contributed by atoms with Gasteiger partial charge in [-0.1, -0.05) is 78.9 Å². The summed E-state index contributed by atoms with van der Waals surface area (Å²) in [6, 6.07) is 25.4. The van der Waals surface area contributed by atoms with Crippen LogP contribution in [0.1, 0.15) is 39.7 Å². The Labute approximate surface area is 181 Å². The van der Waals surface area contributed by atoms with E-state index in [9.17, 15) is 9.59 Å². The topological polar surface area (TPSA) is 64.6 Å². The van der Waals surface area contributed by atoms with Crippen LogP contribution in [-0.4, -0.2) is 25.2 Å². The molecule has 2 atom stereocenters. The number of ether oxygens (including phenoxy) is 2. The molecule has 156 valence electrons. The number of hydrogen-bond acceptors (Lipinski definition) is 4. The predicted molar refractivity (Wildman–Crippen MR) is 116 cm³/mol. The van der Waals surface area contributed by atoms with Gasteiger partial charge in [0.05, 0.1) is 19.1 Å². The molecule has 5 nitrogen and oxygen atoms in total. The van der Waals surface area contributed by atoms with Crippen molar-refractivity contribution in [2.24, 2.45) is 5.92 Å². The Bertz CT molecular complexity index is 1080. The molecule has 6 rings (SSSR count). The average molecular weight is 413 g/mol. The summed E-state index contributed by atoms with van der Waals surface area (Å²) in [5.41, 5.74) is 5.43. The first-order valence-electron chi connectivity index (χ1n) is 10.4. The smallest absolute Gasteiger partial charge is 0.407 e. The van der Waals surface area contributed by atoms with Crippen LogP contribution in [0.2, 0.25) is 0 Å². The fourth-order valence-corrected chi connectivity index (χ4v) is 5.17. The number of hydrogen-bond donors (Lipinski definition) is 1. The van der Waals surface area contributed by atoms with Gasteiger partial charge in [0.1, 0.15) is 6.61 Å². The number of carbonyl (C=O) groups is 2. The first-order chi connectivity index (χ1) is 15.2. The van der Waals surface area contributed by atoms with E-state index in [1.165, 1.54) is 7.11 Å². The van der Waals surface area contributed by atoms with Gasteiger partial charge in [0.2, 0.25) is 0 Å². The Morgan fingerprint density at radius 1 is 0.774 bits per heavy atom. The highest BCUT2D eigenvalue weighted by atomic mass is 16.5. The molecule has 0 spiro atoms. The number of carbonyl (C=O) groups excluding carboxylic acids is 2. The van der Waals surface area contributed by atoms with Gasteiger partial charge in [-0.15, -0.1) is 0 Å². The standard InChI is InChI=1S/C26H23NO4/c1-30-25(28)23-21-17-11-5-7-13-19(17)22(20-14-8-6-12-18(20)21)24(23)27-26(29)31-15-16-9-3-2-4-10-16/h2-14,21-24H,15H2,1H3,(H,27,29)/t21-,22-,23-,24-/m0/s1. The van der Waals surface area contributed by atoms with E-state index in [1.807, 2.05) is 54.6 Å². The lowest BCUT2D eigenvalue weighted by molar-refractivity contribution is -0.147. The lowest BCUT2D eigenvalue weighted by Crippen LogP contribution is -2.55. The van der Waals surface area contributed by atoms with E-state index in [4.69, 9.17) is 9.47 Å². The minimum atomic E-state index is -0.537. The molecule has 0 saturated carbocycles. The zero-order valence-electron chi connectivity index (χ0n) is 17.2. The summed E-state index contributed by atoms with van der Waals surface area (Å²) < 4.78 is 10.7. The van der Waals surface area contributed by atoms with Gasteiger partial charge in [0.25, 0.3) is 0 Å². The van der Waals surface area contributed by atoms with Crippen molar-refractivity contribution in [2.75, 3.05) is 7.11 Å². The van der Waals surface area contributed by atoms with Gasteiger partial charge in [-0.05, 0) is 27.8 Å². The average Bonchev–Trinajstić information content (AvgIpc) is 2.83. The van der Waals surface area contributed by atoms with Crippen molar-refractivity contribution in [1.29, 1.82) is 0 Å². The van der Waals surface area contributed by atoms with Crippen LogP contribution >= 0.6 is 0 Å². The molecular weight excluding hydrogens is 390 g/mol. The second kappa shape index (κ2) is 7.91. The van der Waals surface area contributed by atoms with E-state index in [-0.39, 0.29) is 24.4 Å². The molecule has 0 unspecified atom stereocenters. The van der Waals surface area contributed by atoms with Crippen molar-refractivity contribution in [3.05, 3.63) is 107 Å². The second-order valence-corrected chi connectivity index (χ2v) is 7.99. The van der Waals surface area contributed by atoms with Crippen molar-refractivity contribution >= 4 is 12.1 Å². The molecule has 3 aliphatic carbocycles. The number of alkyl carbamates (subject to hydrolysis) is 1. The van der Waals surface area contributed by atoms with Crippen LogP contribution in [-0.2, 0) is 20.9 Å². The fourth-order valence-electron chi connectivity index (χ4n) is 5.17. The molecule has 0 aromatic heterocycles. The Balaban J connectivity index is 1.50. The Morgan fingerprint density at radius 3 is 1.84 bits per heavy atom. The molecule has 31 heavy (non-hydrogen) atoms. The summed E-state index contributed by atoms with van der Waals surface area (Å²) in [5, 5.41) is 3.01. The molecule has 0 saturated heterocycles. The van der Waals surface area contributed by atoms with Gasteiger partial charge in [0, 0.05) is 11.8 Å². The summed E-state index contributed by atoms with van der Waals surface area (Å²) >= 11 is 0. The van der Waals surface area contributed by atoms with Gasteiger partial charge in [-0.25, -0.2) is 4.79 Å². The van der Waals surface area contributed by atoms with Crippen molar-refractivity contribution in [1.82, 2.24) is 5.32 Å². The largest absolute Gasteiger partial charge is 0.469 e. The van der Waals surface area contributed by atoms with Crippen LogP contribution in [0.25, 0.3) is 0 Å². The van der Waals surface area contributed by atoms with E-state index in [1.54, 1.807) is 0 Å².